The molecule has 0 aliphatic heterocycles. The largest absolute Gasteiger partial charge is 0.497 e. The van der Waals surface area contributed by atoms with E-state index in [0.29, 0.717) is 33.9 Å². The number of hydrogen-bond donors (Lipinski definition) is 0. The van der Waals surface area contributed by atoms with Crippen LogP contribution in [-0.4, -0.2) is 21.2 Å². The number of methoxy groups -OCH3 is 1. The summed E-state index contributed by atoms with van der Waals surface area (Å²) in [6, 6.07) is 17.3. The van der Waals surface area contributed by atoms with E-state index < -0.39 is 17.3 Å². The van der Waals surface area contributed by atoms with Crippen molar-refractivity contribution in [2.24, 2.45) is 7.05 Å². The SMILES string of the molecule is COc1ccc(Cc2nc3c(=O)n(-c4ccccc4C(F)(F)F)c4cc(Cl)ccc4c3n2C)cc1. The Morgan fingerprint density at radius 2 is 1.74 bits per heavy atom. The van der Waals surface area contributed by atoms with Crippen molar-refractivity contribution in [3.05, 3.63) is 99.1 Å². The number of halogens is 4. The summed E-state index contributed by atoms with van der Waals surface area (Å²) >= 11 is 6.22. The minimum Gasteiger partial charge on any atom is -0.497 e. The van der Waals surface area contributed by atoms with E-state index in [-0.39, 0.29) is 16.7 Å². The zero-order valence-corrected chi connectivity index (χ0v) is 19.5. The Kier molecular flexibility index (Phi) is 5.56. The lowest BCUT2D eigenvalue weighted by Crippen LogP contribution is -2.23. The molecule has 0 aliphatic carbocycles. The number of rotatable bonds is 4. The zero-order chi connectivity index (χ0) is 24.9. The van der Waals surface area contributed by atoms with Gasteiger partial charge in [-0.1, -0.05) is 35.9 Å². The second-order valence-electron chi connectivity index (χ2n) is 8.13. The lowest BCUT2D eigenvalue weighted by atomic mass is 10.1. The highest BCUT2D eigenvalue weighted by Gasteiger charge is 2.34. The maximum atomic E-state index is 13.9. The molecule has 0 atom stereocenters. The Morgan fingerprint density at radius 1 is 1.03 bits per heavy atom. The van der Waals surface area contributed by atoms with Gasteiger partial charge in [0, 0.05) is 23.9 Å². The third-order valence-electron chi connectivity index (χ3n) is 6.02. The van der Waals surface area contributed by atoms with Crippen molar-refractivity contribution >= 4 is 33.5 Å². The number of nitrogens with zero attached hydrogens (tertiary/aromatic N) is 3. The Morgan fingerprint density at radius 3 is 2.43 bits per heavy atom. The Labute approximate surface area is 203 Å². The number of para-hydroxylation sites is 1. The van der Waals surface area contributed by atoms with E-state index in [1.54, 1.807) is 30.9 Å². The summed E-state index contributed by atoms with van der Waals surface area (Å²) < 4.78 is 49.6. The number of aromatic nitrogens is 3. The lowest BCUT2D eigenvalue weighted by molar-refractivity contribution is -0.137. The average molecular weight is 498 g/mol. The number of imidazole rings is 1. The molecular formula is C26H19ClF3N3O2. The number of fused-ring (bicyclic) bond motifs is 3. The first-order valence-electron chi connectivity index (χ1n) is 10.7. The van der Waals surface area contributed by atoms with Gasteiger partial charge in [-0.2, -0.15) is 13.2 Å². The molecule has 0 radical (unpaired) electrons. The standard InChI is InChI=1S/C26H19ClF3N3O2/c1-32-22(13-15-7-10-17(35-2)11-8-15)31-23-24(32)18-12-9-16(27)14-21(18)33(25(23)34)20-6-4-3-5-19(20)26(28,29)30/h3-12,14H,13H2,1-2H3. The fourth-order valence-corrected chi connectivity index (χ4v) is 4.51. The van der Waals surface area contributed by atoms with Crippen molar-refractivity contribution in [1.29, 1.82) is 0 Å². The van der Waals surface area contributed by atoms with Crippen molar-refractivity contribution in [3.8, 4) is 11.4 Å². The summed E-state index contributed by atoms with van der Waals surface area (Å²) in [5.74, 6) is 1.31. The van der Waals surface area contributed by atoms with Gasteiger partial charge in [0.2, 0.25) is 0 Å². The van der Waals surface area contributed by atoms with Gasteiger partial charge >= 0.3 is 6.18 Å². The normalized spacial score (nSPS) is 11.9. The third kappa shape index (κ3) is 3.93. The van der Waals surface area contributed by atoms with E-state index in [9.17, 15) is 18.0 Å². The first-order chi connectivity index (χ1) is 16.7. The summed E-state index contributed by atoms with van der Waals surface area (Å²) in [6.45, 7) is 0. The molecule has 5 aromatic rings. The van der Waals surface area contributed by atoms with E-state index in [1.807, 2.05) is 24.3 Å². The molecule has 9 heteroatoms. The van der Waals surface area contributed by atoms with Gasteiger partial charge < -0.3 is 9.30 Å². The van der Waals surface area contributed by atoms with Crippen molar-refractivity contribution in [1.82, 2.24) is 14.1 Å². The summed E-state index contributed by atoms with van der Waals surface area (Å²) in [7, 11) is 3.37. The minimum absolute atomic E-state index is 0.0859. The summed E-state index contributed by atoms with van der Waals surface area (Å²) in [6.07, 6.45) is -4.23. The van der Waals surface area contributed by atoms with E-state index in [0.717, 1.165) is 16.2 Å². The summed E-state index contributed by atoms with van der Waals surface area (Å²) in [5, 5.41) is 0.868. The second-order valence-corrected chi connectivity index (χ2v) is 8.56. The van der Waals surface area contributed by atoms with Gasteiger partial charge in [0.05, 0.1) is 29.4 Å². The van der Waals surface area contributed by atoms with Crippen LogP contribution in [0.3, 0.4) is 0 Å². The number of benzene rings is 3. The Hall–Kier alpha value is -3.78. The summed E-state index contributed by atoms with van der Waals surface area (Å²) in [4.78, 5) is 18.3. The highest BCUT2D eigenvalue weighted by molar-refractivity contribution is 6.31. The van der Waals surface area contributed by atoms with Crippen LogP contribution in [-0.2, 0) is 19.6 Å². The number of hydrogen-bond acceptors (Lipinski definition) is 3. The van der Waals surface area contributed by atoms with Crippen molar-refractivity contribution in [3.63, 3.8) is 0 Å². The molecule has 0 N–H and O–H groups in total. The van der Waals surface area contributed by atoms with Gasteiger partial charge in [-0.25, -0.2) is 4.98 Å². The second kappa shape index (κ2) is 8.46. The average Bonchev–Trinajstić information content (AvgIpc) is 3.15. The monoisotopic (exact) mass is 497 g/mol. The molecule has 0 amide bonds. The maximum absolute atomic E-state index is 13.9. The molecule has 3 aromatic carbocycles. The molecule has 5 rings (SSSR count). The van der Waals surface area contributed by atoms with Crippen LogP contribution in [0, 0.1) is 0 Å². The molecule has 0 saturated carbocycles. The molecule has 178 valence electrons. The highest BCUT2D eigenvalue weighted by Crippen LogP contribution is 2.36. The highest BCUT2D eigenvalue weighted by atomic mass is 35.5. The minimum atomic E-state index is -4.65. The zero-order valence-electron chi connectivity index (χ0n) is 18.7. The van der Waals surface area contributed by atoms with Gasteiger partial charge in [-0.3, -0.25) is 9.36 Å². The van der Waals surface area contributed by atoms with Crippen LogP contribution in [0.2, 0.25) is 5.02 Å². The van der Waals surface area contributed by atoms with Crippen LogP contribution < -0.4 is 10.3 Å². The van der Waals surface area contributed by atoms with Gasteiger partial charge in [-0.05, 0) is 48.0 Å². The lowest BCUT2D eigenvalue weighted by Gasteiger charge is -2.17. The summed E-state index contributed by atoms with van der Waals surface area (Å²) in [5.41, 5.74) is -0.0135. The molecule has 0 spiro atoms. The van der Waals surface area contributed by atoms with Gasteiger partial charge in [0.25, 0.3) is 5.56 Å². The van der Waals surface area contributed by atoms with Crippen LogP contribution in [0.4, 0.5) is 13.2 Å². The fourth-order valence-electron chi connectivity index (χ4n) is 4.34. The fraction of sp³-hybridized carbons (Fsp3) is 0.154. The van der Waals surface area contributed by atoms with Crippen LogP contribution >= 0.6 is 11.6 Å². The molecule has 5 nitrogen and oxygen atoms in total. The Balaban J connectivity index is 1.81. The molecule has 0 saturated heterocycles. The first-order valence-corrected chi connectivity index (χ1v) is 11.1. The molecule has 0 aliphatic rings. The smallest absolute Gasteiger partial charge is 0.418 e. The van der Waals surface area contributed by atoms with Crippen molar-refractivity contribution in [2.75, 3.05) is 7.11 Å². The molecule has 35 heavy (non-hydrogen) atoms. The molecule has 0 bridgehead atoms. The number of aryl methyl sites for hydroxylation is 1. The molecule has 2 heterocycles. The van der Waals surface area contributed by atoms with Crippen molar-refractivity contribution < 1.29 is 17.9 Å². The molecule has 0 fully saturated rings. The quantitative estimate of drug-likeness (QED) is 0.299. The van der Waals surface area contributed by atoms with E-state index >= 15 is 0 Å². The van der Waals surface area contributed by atoms with Gasteiger partial charge in [0.15, 0.2) is 5.52 Å². The Bertz CT molecular complexity index is 1640. The van der Waals surface area contributed by atoms with Crippen molar-refractivity contribution in [2.45, 2.75) is 12.6 Å². The van der Waals surface area contributed by atoms with Crippen LogP contribution in [0.15, 0.2) is 71.5 Å². The number of ether oxygens (including phenoxy) is 1. The first kappa shape index (κ1) is 23.0. The van der Waals surface area contributed by atoms with E-state index in [1.165, 1.54) is 24.3 Å². The molecular weight excluding hydrogens is 479 g/mol. The van der Waals surface area contributed by atoms with Gasteiger partial charge in [0.1, 0.15) is 11.6 Å². The van der Waals surface area contributed by atoms with Crippen LogP contribution in [0.25, 0.3) is 27.6 Å². The predicted molar refractivity (Wildman–Crippen MR) is 130 cm³/mol. The van der Waals surface area contributed by atoms with Crippen LogP contribution in [0.5, 0.6) is 5.75 Å². The topological polar surface area (TPSA) is 49.0 Å². The van der Waals surface area contributed by atoms with Crippen LogP contribution in [0.1, 0.15) is 17.0 Å². The van der Waals surface area contributed by atoms with E-state index in [4.69, 9.17) is 16.3 Å². The predicted octanol–water partition coefficient (Wildman–Crippen LogP) is 6.15. The molecule has 2 aromatic heterocycles. The molecule has 0 unspecified atom stereocenters. The third-order valence-corrected chi connectivity index (χ3v) is 6.26. The number of alkyl halides is 3. The maximum Gasteiger partial charge on any atom is 0.418 e. The number of pyridine rings is 1. The van der Waals surface area contributed by atoms with E-state index in [2.05, 4.69) is 4.98 Å². The van der Waals surface area contributed by atoms with Gasteiger partial charge in [-0.15, -0.1) is 0 Å².